The second-order valence-corrected chi connectivity index (χ2v) is 6.34. The maximum atomic E-state index is 12.7. The van der Waals surface area contributed by atoms with E-state index in [1.54, 1.807) is 25.1 Å². The number of para-hydroxylation sites is 1. The van der Waals surface area contributed by atoms with Crippen LogP contribution < -0.4 is 10.1 Å². The van der Waals surface area contributed by atoms with E-state index in [1.165, 1.54) is 19.3 Å². The Morgan fingerprint density at radius 2 is 2.04 bits per heavy atom. The smallest absolute Gasteiger partial charge is 0.496 e. The first-order chi connectivity index (χ1) is 13.2. The molecule has 2 atom stereocenters. The van der Waals surface area contributed by atoms with E-state index in [9.17, 15) is 18.0 Å². The largest absolute Gasteiger partial charge is 0.573 e. The maximum absolute atomic E-state index is 12.7. The van der Waals surface area contributed by atoms with Gasteiger partial charge in [0.2, 0.25) is 0 Å². The summed E-state index contributed by atoms with van der Waals surface area (Å²) in [7, 11) is 1.51. The van der Waals surface area contributed by atoms with E-state index < -0.39 is 24.3 Å². The zero-order valence-corrected chi connectivity index (χ0v) is 15.6. The molecule has 1 heterocycles. The first-order valence-corrected chi connectivity index (χ1v) is 8.72. The Bertz CT molecular complexity index is 871. The summed E-state index contributed by atoms with van der Waals surface area (Å²) < 4.78 is 52.7. The number of halogens is 3. The van der Waals surface area contributed by atoms with Crippen molar-refractivity contribution in [3.8, 4) is 5.75 Å². The van der Waals surface area contributed by atoms with Gasteiger partial charge in [0.1, 0.15) is 17.2 Å². The van der Waals surface area contributed by atoms with E-state index >= 15 is 0 Å². The van der Waals surface area contributed by atoms with E-state index in [0.29, 0.717) is 16.9 Å². The summed E-state index contributed by atoms with van der Waals surface area (Å²) in [6, 6.07) is 5.01. The average molecular weight is 395 g/mol. The fourth-order valence-corrected chi connectivity index (χ4v) is 3.49. The molecule has 0 spiro atoms. The molecule has 150 valence electrons. The Labute approximate surface area is 160 Å². The Hall–Kier alpha value is -2.90. The van der Waals surface area contributed by atoms with Crippen molar-refractivity contribution in [1.29, 1.82) is 0 Å². The number of nitrogens with one attached hydrogen (secondary N) is 1. The third-order valence-corrected chi connectivity index (χ3v) is 4.53. The summed E-state index contributed by atoms with van der Waals surface area (Å²) >= 11 is 0. The van der Waals surface area contributed by atoms with Crippen molar-refractivity contribution in [2.45, 2.75) is 26.3 Å². The lowest BCUT2D eigenvalue weighted by Crippen LogP contribution is -2.30. The normalized spacial score (nSPS) is 21.0. The highest BCUT2D eigenvalue weighted by molar-refractivity contribution is 6.00. The van der Waals surface area contributed by atoms with E-state index in [-0.39, 0.29) is 18.1 Å². The van der Waals surface area contributed by atoms with Gasteiger partial charge < -0.3 is 19.5 Å². The van der Waals surface area contributed by atoms with Gasteiger partial charge in [0.05, 0.1) is 19.8 Å². The SMILES string of the molecule is CCOC(=O)C1=C(c2cccc(C)c2OC)C2C=C(OC(F)(F)F)C=CC2N1. The molecular weight excluding hydrogens is 375 g/mol. The fourth-order valence-electron chi connectivity index (χ4n) is 3.49. The summed E-state index contributed by atoms with van der Waals surface area (Å²) in [5.74, 6) is -0.916. The van der Waals surface area contributed by atoms with Gasteiger partial charge in [-0.25, -0.2) is 4.79 Å². The Morgan fingerprint density at radius 3 is 2.68 bits per heavy atom. The van der Waals surface area contributed by atoms with Crippen molar-refractivity contribution in [1.82, 2.24) is 5.32 Å². The van der Waals surface area contributed by atoms with E-state index in [1.807, 2.05) is 13.0 Å². The number of alkyl halides is 3. The molecule has 0 bridgehead atoms. The van der Waals surface area contributed by atoms with Crippen LogP contribution in [0.5, 0.6) is 5.75 Å². The number of hydrogen-bond acceptors (Lipinski definition) is 5. The number of benzene rings is 1. The maximum Gasteiger partial charge on any atom is 0.573 e. The molecule has 1 aliphatic heterocycles. The predicted octanol–water partition coefficient (Wildman–Crippen LogP) is 3.86. The summed E-state index contributed by atoms with van der Waals surface area (Å²) in [6.07, 6.45) is -0.667. The van der Waals surface area contributed by atoms with Crippen LogP contribution in [0.3, 0.4) is 0 Å². The molecular formula is C20H20F3NO4. The summed E-state index contributed by atoms with van der Waals surface area (Å²) in [4.78, 5) is 12.5. The third-order valence-electron chi connectivity index (χ3n) is 4.53. The second kappa shape index (κ2) is 7.61. The van der Waals surface area contributed by atoms with Gasteiger partial charge in [0.15, 0.2) is 0 Å². The van der Waals surface area contributed by atoms with Crippen LogP contribution in [0.1, 0.15) is 18.1 Å². The molecule has 5 nitrogen and oxygen atoms in total. The molecule has 2 aliphatic rings. The molecule has 1 aliphatic carbocycles. The van der Waals surface area contributed by atoms with Crippen LogP contribution in [-0.4, -0.2) is 32.1 Å². The van der Waals surface area contributed by atoms with Gasteiger partial charge in [-0.1, -0.05) is 24.3 Å². The number of rotatable bonds is 5. The quantitative estimate of drug-likeness (QED) is 0.768. The number of esters is 1. The molecule has 0 aromatic heterocycles. The van der Waals surface area contributed by atoms with Crippen molar-refractivity contribution in [2.75, 3.05) is 13.7 Å². The monoisotopic (exact) mass is 395 g/mol. The summed E-state index contributed by atoms with van der Waals surface area (Å²) in [5.41, 5.74) is 2.16. The van der Waals surface area contributed by atoms with Crippen LogP contribution >= 0.6 is 0 Å². The van der Waals surface area contributed by atoms with Gasteiger partial charge >= 0.3 is 12.3 Å². The summed E-state index contributed by atoms with van der Waals surface area (Å²) in [6.45, 7) is 3.70. The van der Waals surface area contributed by atoms with Crippen molar-refractivity contribution in [3.05, 3.63) is 59.0 Å². The molecule has 1 aromatic rings. The number of carbonyl (C=O) groups is 1. The number of fused-ring (bicyclic) bond motifs is 1. The Morgan fingerprint density at radius 1 is 1.29 bits per heavy atom. The molecule has 8 heteroatoms. The highest BCUT2D eigenvalue weighted by Crippen LogP contribution is 2.43. The number of allylic oxidation sites excluding steroid dienone is 1. The van der Waals surface area contributed by atoms with Crippen LogP contribution in [0.4, 0.5) is 13.2 Å². The second-order valence-electron chi connectivity index (χ2n) is 6.34. The van der Waals surface area contributed by atoms with Gasteiger partial charge in [0, 0.05) is 17.1 Å². The highest BCUT2D eigenvalue weighted by Gasteiger charge is 2.40. The van der Waals surface area contributed by atoms with Gasteiger partial charge in [-0.2, -0.15) is 0 Å². The topological polar surface area (TPSA) is 56.8 Å². The lowest BCUT2D eigenvalue weighted by Gasteiger charge is -2.23. The number of methoxy groups -OCH3 is 1. The number of carbonyl (C=O) groups excluding carboxylic acids is 1. The van der Waals surface area contributed by atoms with Crippen LogP contribution in [0.2, 0.25) is 0 Å². The molecule has 1 aromatic carbocycles. The van der Waals surface area contributed by atoms with E-state index in [0.717, 1.165) is 5.56 Å². The van der Waals surface area contributed by atoms with Crippen molar-refractivity contribution < 1.29 is 32.2 Å². The molecule has 3 rings (SSSR count). The first-order valence-electron chi connectivity index (χ1n) is 8.72. The average Bonchev–Trinajstić information content (AvgIpc) is 2.99. The predicted molar refractivity (Wildman–Crippen MR) is 96.1 cm³/mol. The Balaban J connectivity index is 2.12. The molecule has 28 heavy (non-hydrogen) atoms. The molecule has 0 amide bonds. The number of ether oxygens (including phenoxy) is 3. The minimum Gasteiger partial charge on any atom is -0.496 e. The van der Waals surface area contributed by atoms with Crippen molar-refractivity contribution in [3.63, 3.8) is 0 Å². The van der Waals surface area contributed by atoms with Gasteiger partial charge in [0.25, 0.3) is 0 Å². The van der Waals surface area contributed by atoms with E-state index in [4.69, 9.17) is 9.47 Å². The van der Waals surface area contributed by atoms with Crippen LogP contribution in [-0.2, 0) is 14.3 Å². The zero-order valence-electron chi connectivity index (χ0n) is 15.6. The molecule has 0 radical (unpaired) electrons. The van der Waals surface area contributed by atoms with Crippen molar-refractivity contribution >= 4 is 11.5 Å². The van der Waals surface area contributed by atoms with E-state index in [2.05, 4.69) is 10.1 Å². The lowest BCUT2D eigenvalue weighted by atomic mass is 9.85. The number of aryl methyl sites for hydroxylation is 1. The first kappa shape index (κ1) is 19.9. The minimum absolute atomic E-state index is 0.172. The molecule has 0 saturated carbocycles. The zero-order chi connectivity index (χ0) is 20.5. The highest BCUT2D eigenvalue weighted by atomic mass is 19.4. The third kappa shape index (κ3) is 3.85. The van der Waals surface area contributed by atoms with Crippen LogP contribution in [0, 0.1) is 12.8 Å². The molecule has 2 unspecified atom stereocenters. The van der Waals surface area contributed by atoms with Crippen LogP contribution in [0.25, 0.3) is 5.57 Å². The number of hydrogen-bond donors (Lipinski definition) is 1. The standard InChI is InChI=1S/C20H20F3NO4/c1-4-27-19(25)17-16(13-7-5-6-11(2)18(13)26-3)14-10-12(28-20(21,22)23)8-9-15(14)24-17/h5-10,14-15,24H,4H2,1-3H3. The Kier molecular flexibility index (Phi) is 5.40. The van der Waals surface area contributed by atoms with Crippen molar-refractivity contribution in [2.24, 2.45) is 5.92 Å². The fraction of sp³-hybridized carbons (Fsp3) is 0.350. The molecule has 1 N–H and O–H groups in total. The molecule has 0 fully saturated rings. The van der Waals surface area contributed by atoms with Gasteiger partial charge in [-0.05, 0) is 31.6 Å². The minimum atomic E-state index is -4.80. The van der Waals surface area contributed by atoms with Crippen LogP contribution in [0.15, 0.2) is 47.9 Å². The van der Waals surface area contributed by atoms with Gasteiger partial charge in [-0.3, -0.25) is 0 Å². The molecule has 0 saturated heterocycles. The lowest BCUT2D eigenvalue weighted by molar-refractivity contribution is -0.303. The summed E-state index contributed by atoms with van der Waals surface area (Å²) in [5, 5.41) is 3.06. The van der Waals surface area contributed by atoms with Gasteiger partial charge in [-0.15, -0.1) is 13.2 Å².